The molecule has 18 nitrogen and oxygen atoms in total. The average Bonchev–Trinajstić information content (AvgIpc) is 0.762. The third-order valence-corrected chi connectivity index (χ3v) is 19.3. The van der Waals surface area contributed by atoms with E-state index in [4.69, 9.17) is 70.4 Å². The SMILES string of the molecule is CCCCCCCCCCCCCCCOC(=O)[C@@H](COP(OCCC#N)OC1[C@H](OCOCc2ccccc2)[C@H](OCc2ccc(OC)cc2)C(OCc2ccc(OC)cc2)[C@H](OCc2ccc(OC)cc2)[C@H]1OCOCc1ccccc1)OC(=O)CCCCCCCCCCCCCCC. The van der Waals surface area contributed by atoms with E-state index in [0.717, 1.165) is 66.3 Å². The minimum Gasteiger partial charge on any atom is -0.497 e. The average molecular weight is 1430 g/mol. The van der Waals surface area contributed by atoms with E-state index in [1.54, 1.807) is 21.3 Å². The maximum absolute atomic E-state index is 14.4. The van der Waals surface area contributed by atoms with Gasteiger partial charge in [0.2, 0.25) is 6.10 Å². The van der Waals surface area contributed by atoms with Crippen LogP contribution in [0.5, 0.6) is 17.2 Å². The van der Waals surface area contributed by atoms with Crippen LogP contribution in [0.3, 0.4) is 0 Å². The largest absolute Gasteiger partial charge is 0.497 e. The number of rotatable bonds is 60. The number of benzene rings is 5. The van der Waals surface area contributed by atoms with Crippen LogP contribution in [0.25, 0.3) is 0 Å². The summed E-state index contributed by atoms with van der Waals surface area (Å²) in [6.45, 7) is 4.08. The maximum Gasteiger partial charge on any atom is 0.349 e. The second kappa shape index (κ2) is 54.6. The zero-order chi connectivity index (χ0) is 72.1. The molecule has 0 N–H and O–H groups in total. The number of carbonyl (C=O) groups excluding carboxylic acids is 2. The lowest BCUT2D eigenvalue weighted by atomic mass is 9.83. The number of ether oxygens (including phenoxy) is 12. The fraction of sp³-hybridized carbons (Fsp3) is 0.602. The predicted octanol–water partition coefficient (Wildman–Crippen LogP) is 19.5. The summed E-state index contributed by atoms with van der Waals surface area (Å²) in [5, 5.41) is 9.96. The molecular formula is C83H120NO17P. The first kappa shape index (κ1) is 84.9. The van der Waals surface area contributed by atoms with Crippen molar-refractivity contribution in [2.24, 2.45) is 0 Å². The molecule has 0 radical (unpaired) electrons. The molecule has 564 valence electrons. The number of nitriles is 1. The molecule has 102 heavy (non-hydrogen) atoms. The van der Waals surface area contributed by atoms with Crippen LogP contribution < -0.4 is 14.2 Å². The maximum atomic E-state index is 14.4. The van der Waals surface area contributed by atoms with Crippen molar-refractivity contribution in [3.8, 4) is 23.3 Å². The van der Waals surface area contributed by atoms with Gasteiger partial charge in [-0.25, -0.2) is 4.79 Å². The Bertz CT molecular complexity index is 2810. The van der Waals surface area contributed by atoms with E-state index in [-0.39, 0.29) is 72.7 Å². The zero-order valence-corrected chi connectivity index (χ0v) is 62.8. The van der Waals surface area contributed by atoms with Crippen molar-refractivity contribution in [3.05, 3.63) is 161 Å². The highest BCUT2D eigenvalue weighted by Gasteiger charge is 2.56. The predicted molar refractivity (Wildman–Crippen MR) is 397 cm³/mol. The fourth-order valence-electron chi connectivity index (χ4n) is 12.2. The molecule has 0 spiro atoms. The zero-order valence-electron chi connectivity index (χ0n) is 61.9. The standard InChI is InChI=1S/C83H120NO17P/c1-6-8-10-12-14-16-18-20-22-24-26-28-36-43-76(85)100-75(83(86)92-57-37-29-27-25-23-21-19-17-15-13-11-9-7-2)64-99-102(98-58-38-56-84)101-82-80(96-65-90-59-67-39-32-30-33-40-67)78(94-62-70-46-52-73(88-4)53-47-70)77(93-61-69-44-50-72(87-3)51-45-69)79(95-63-71-48-54-74(89-5)55-49-71)81(82)97-66-91-60-68-41-34-31-35-42-68/h30-35,39-42,44-55,75,77-82H,6-29,36-38,43,57-66H2,1-5H3/t75-,77?,78-,79+,80-,81-,82?,102?/m1/s1. The van der Waals surface area contributed by atoms with Gasteiger partial charge in [0.25, 0.3) is 0 Å². The Balaban J connectivity index is 1.32. The van der Waals surface area contributed by atoms with Gasteiger partial charge in [0.15, 0.2) is 0 Å². The number of hydrogen-bond acceptors (Lipinski definition) is 18. The molecule has 19 heteroatoms. The van der Waals surface area contributed by atoms with E-state index in [1.807, 2.05) is 133 Å². The van der Waals surface area contributed by atoms with Crippen LogP contribution in [0.15, 0.2) is 133 Å². The molecule has 8 atom stereocenters. The Morgan fingerprint density at radius 3 is 1.13 bits per heavy atom. The van der Waals surface area contributed by atoms with E-state index in [2.05, 4.69) is 19.9 Å². The highest BCUT2D eigenvalue weighted by Crippen LogP contribution is 2.47. The summed E-state index contributed by atoms with van der Waals surface area (Å²) in [6.07, 6.45) is 22.2. The topological polar surface area (TPSA) is 196 Å². The van der Waals surface area contributed by atoms with Crippen LogP contribution in [0.2, 0.25) is 0 Å². The summed E-state index contributed by atoms with van der Waals surface area (Å²) in [5.41, 5.74) is 4.28. The quantitative estimate of drug-likeness (QED) is 0.0154. The highest BCUT2D eigenvalue weighted by molar-refractivity contribution is 7.41. The lowest BCUT2D eigenvalue weighted by molar-refractivity contribution is -0.296. The number of esters is 2. The normalized spacial score (nSPS) is 17.2. The number of carbonyl (C=O) groups is 2. The van der Waals surface area contributed by atoms with Crippen LogP contribution in [-0.2, 0) is 98.8 Å². The summed E-state index contributed by atoms with van der Waals surface area (Å²) in [5.74, 6) is 0.723. The first-order chi connectivity index (χ1) is 50.2. The molecule has 1 fully saturated rings. The van der Waals surface area contributed by atoms with Crippen LogP contribution >= 0.6 is 8.60 Å². The van der Waals surface area contributed by atoms with Crippen LogP contribution in [-0.4, -0.2) is 109 Å². The van der Waals surface area contributed by atoms with Crippen LogP contribution in [0.4, 0.5) is 0 Å². The molecule has 6 rings (SSSR count). The van der Waals surface area contributed by atoms with E-state index in [9.17, 15) is 14.9 Å². The Labute approximate surface area is 611 Å². The molecule has 0 aliphatic heterocycles. The molecule has 0 aromatic heterocycles. The van der Waals surface area contributed by atoms with Crippen molar-refractivity contribution < 1.29 is 80.0 Å². The molecule has 5 aromatic carbocycles. The van der Waals surface area contributed by atoms with Gasteiger partial charge in [-0.2, -0.15) is 5.26 Å². The van der Waals surface area contributed by atoms with Crippen molar-refractivity contribution in [1.29, 1.82) is 5.26 Å². The first-order valence-corrected chi connectivity index (χ1v) is 39.0. The van der Waals surface area contributed by atoms with Gasteiger partial charge in [-0.05, 0) is 77.1 Å². The van der Waals surface area contributed by atoms with Crippen molar-refractivity contribution in [3.63, 3.8) is 0 Å². The Hall–Kier alpha value is -6.04. The van der Waals surface area contributed by atoms with E-state index < -0.39 is 69.9 Å². The summed E-state index contributed by atoms with van der Waals surface area (Å²) in [7, 11) is 2.24. The number of methoxy groups -OCH3 is 3. The van der Waals surface area contributed by atoms with Gasteiger partial charge in [-0.15, -0.1) is 0 Å². The summed E-state index contributed by atoms with van der Waals surface area (Å²) >= 11 is 0. The highest BCUT2D eigenvalue weighted by atomic mass is 31.2. The second-order valence-electron chi connectivity index (χ2n) is 26.2. The Morgan fingerprint density at radius 1 is 0.402 bits per heavy atom. The number of unbranched alkanes of at least 4 members (excludes halogenated alkanes) is 24. The Kier molecular flexibility index (Phi) is 45.4. The molecule has 1 aliphatic rings. The lowest BCUT2D eigenvalue weighted by Crippen LogP contribution is -2.67. The smallest absolute Gasteiger partial charge is 0.349 e. The van der Waals surface area contributed by atoms with Crippen LogP contribution in [0, 0.1) is 11.3 Å². The minimum absolute atomic E-state index is 0.0437. The van der Waals surface area contributed by atoms with Crippen LogP contribution in [0.1, 0.15) is 221 Å². The van der Waals surface area contributed by atoms with Gasteiger partial charge in [0, 0.05) is 6.42 Å². The monoisotopic (exact) mass is 1430 g/mol. The molecule has 1 saturated carbocycles. The van der Waals surface area contributed by atoms with E-state index in [0.29, 0.717) is 30.1 Å². The molecule has 0 heterocycles. The molecule has 0 saturated heterocycles. The van der Waals surface area contributed by atoms with Gasteiger partial charge >= 0.3 is 20.5 Å². The third-order valence-electron chi connectivity index (χ3n) is 18.1. The van der Waals surface area contributed by atoms with Gasteiger partial charge in [0.1, 0.15) is 74.1 Å². The molecule has 0 bridgehead atoms. The second-order valence-corrected chi connectivity index (χ2v) is 27.4. The Morgan fingerprint density at radius 2 is 0.755 bits per heavy atom. The van der Waals surface area contributed by atoms with Crippen molar-refractivity contribution >= 4 is 20.5 Å². The van der Waals surface area contributed by atoms with Crippen molar-refractivity contribution in [2.75, 3.05) is 54.7 Å². The van der Waals surface area contributed by atoms with Crippen molar-refractivity contribution in [2.45, 2.75) is 269 Å². The first-order valence-electron chi connectivity index (χ1n) is 37.9. The molecular weight excluding hydrogens is 1310 g/mol. The summed E-state index contributed by atoms with van der Waals surface area (Å²) < 4.78 is 97.0. The minimum atomic E-state index is -2.60. The van der Waals surface area contributed by atoms with E-state index in [1.165, 1.54) is 116 Å². The van der Waals surface area contributed by atoms with Gasteiger partial charge in [-0.1, -0.05) is 265 Å². The molecule has 3 unspecified atom stereocenters. The molecule has 1 aliphatic carbocycles. The van der Waals surface area contributed by atoms with Crippen molar-refractivity contribution in [1.82, 2.24) is 0 Å². The van der Waals surface area contributed by atoms with Gasteiger partial charge in [-0.3, -0.25) is 4.79 Å². The van der Waals surface area contributed by atoms with E-state index >= 15 is 0 Å². The molecule has 5 aromatic rings. The summed E-state index contributed by atoms with van der Waals surface area (Å²) in [6, 6.07) is 44.3. The van der Waals surface area contributed by atoms with Gasteiger partial charge < -0.3 is 70.4 Å². The third kappa shape index (κ3) is 35.2. The number of hydrogen-bond donors (Lipinski definition) is 0. The fourth-order valence-corrected chi connectivity index (χ4v) is 13.3. The molecule has 0 amide bonds. The van der Waals surface area contributed by atoms with Gasteiger partial charge in [0.05, 0.1) is 80.1 Å². The summed E-state index contributed by atoms with van der Waals surface area (Å²) in [4.78, 5) is 28.3. The lowest BCUT2D eigenvalue weighted by Gasteiger charge is -2.49. The number of nitrogens with zero attached hydrogens (tertiary/aromatic N) is 1.